The quantitative estimate of drug-likeness (QED) is 0.862. The zero-order valence-corrected chi connectivity index (χ0v) is 9.34. The van der Waals surface area contributed by atoms with Gasteiger partial charge >= 0.3 is 0 Å². The van der Waals surface area contributed by atoms with Crippen molar-refractivity contribution in [2.75, 3.05) is 6.54 Å². The van der Waals surface area contributed by atoms with Gasteiger partial charge in [0.25, 0.3) is 0 Å². The van der Waals surface area contributed by atoms with E-state index in [4.69, 9.17) is 5.73 Å². The fourth-order valence-electron chi connectivity index (χ4n) is 1.13. The van der Waals surface area contributed by atoms with Crippen LogP contribution in [0.5, 0.6) is 0 Å². The second-order valence-electron chi connectivity index (χ2n) is 2.97. The molecule has 0 aliphatic heterocycles. The molecule has 0 aliphatic rings. The van der Waals surface area contributed by atoms with E-state index in [9.17, 15) is 0 Å². The van der Waals surface area contributed by atoms with Gasteiger partial charge in [-0.25, -0.2) is 0 Å². The van der Waals surface area contributed by atoms with Crippen LogP contribution in [0.25, 0.3) is 5.57 Å². The van der Waals surface area contributed by atoms with Crippen LogP contribution in [0.4, 0.5) is 0 Å². The lowest BCUT2D eigenvalue weighted by Crippen LogP contribution is -1.95. The molecule has 0 saturated heterocycles. The Kier molecular flexibility index (Phi) is 4.19. The summed E-state index contributed by atoms with van der Waals surface area (Å²) in [6.45, 7) is 2.83. The van der Waals surface area contributed by atoms with Crippen LogP contribution < -0.4 is 5.73 Å². The molecule has 0 heterocycles. The molecule has 0 saturated carbocycles. The largest absolute Gasteiger partial charge is 0.330 e. The van der Waals surface area contributed by atoms with Gasteiger partial charge < -0.3 is 5.73 Å². The monoisotopic (exact) mass is 239 g/mol. The molecule has 0 amide bonds. The van der Waals surface area contributed by atoms with Gasteiger partial charge in [-0.3, -0.25) is 0 Å². The predicted molar refractivity (Wildman–Crippen MR) is 61.5 cm³/mol. The van der Waals surface area contributed by atoms with Gasteiger partial charge in [0.05, 0.1) is 0 Å². The second kappa shape index (κ2) is 5.20. The lowest BCUT2D eigenvalue weighted by molar-refractivity contribution is 1.01. The molecule has 1 rings (SSSR count). The molecule has 1 aromatic carbocycles. The standard InChI is InChI=1S/C11H14BrN/c1-9(3-2-8-13)10-4-6-11(12)7-5-10/h3-7H,2,8,13H2,1H3. The smallest absolute Gasteiger partial charge is 0.0175 e. The van der Waals surface area contributed by atoms with E-state index >= 15 is 0 Å². The van der Waals surface area contributed by atoms with Gasteiger partial charge in [0.15, 0.2) is 0 Å². The van der Waals surface area contributed by atoms with Crippen molar-refractivity contribution in [3.8, 4) is 0 Å². The molecule has 1 aromatic rings. The average Bonchev–Trinajstić information content (AvgIpc) is 2.15. The highest BCUT2D eigenvalue weighted by molar-refractivity contribution is 9.10. The van der Waals surface area contributed by atoms with E-state index in [-0.39, 0.29) is 0 Å². The van der Waals surface area contributed by atoms with Crippen molar-refractivity contribution in [3.63, 3.8) is 0 Å². The molecule has 0 aliphatic carbocycles. The molecule has 0 atom stereocenters. The Balaban J connectivity index is 2.77. The van der Waals surface area contributed by atoms with Crippen LogP contribution in [-0.2, 0) is 0 Å². The summed E-state index contributed by atoms with van der Waals surface area (Å²) >= 11 is 3.41. The van der Waals surface area contributed by atoms with E-state index in [0.29, 0.717) is 6.54 Å². The van der Waals surface area contributed by atoms with E-state index in [1.54, 1.807) is 0 Å². The Labute approximate surface area is 87.8 Å². The Morgan fingerprint density at radius 1 is 1.38 bits per heavy atom. The maximum Gasteiger partial charge on any atom is 0.0175 e. The lowest BCUT2D eigenvalue weighted by Gasteiger charge is -2.01. The van der Waals surface area contributed by atoms with E-state index in [1.165, 1.54) is 11.1 Å². The minimum atomic E-state index is 0.716. The number of hydrogen-bond acceptors (Lipinski definition) is 1. The summed E-state index contributed by atoms with van der Waals surface area (Å²) in [4.78, 5) is 0. The normalized spacial score (nSPS) is 11.8. The van der Waals surface area contributed by atoms with Gasteiger partial charge in [0.1, 0.15) is 0 Å². The third-order valence-corrected chi connectivity index (χ3v) is 2.45. The van der Waals surface area contributed by atoms with E-state index < -0.39 is 0 Å². The van der Waals surface area contributed by atoms with Crippen LogP contribution in [0.3, 0.4) is 0 Å². The second-order valence-corrected chi connectivity index (χ2v) is 3.89. The van der Waals surface area contributed by atoms with Gasteiger partial charge in [-0.05, 0) is 43.2 Å². The van der Waals surface area contributed by atoms with E-state index in [0.717, 1.165) is 10.9 Å². The fourth-order valence-corrected chi connectivity index (χ4v) is 1.39. The topological polar surface area (TPSA) is 26.0 Å². The molecule has 0 bridgehead atoms. The number of allylic oxidation sites excluding steroid dienone is 1. The first-order valence-corrected chi connectivity index (χ1v) is 5.16. The van der Waals surface area contributed by atoms with Crippen molar-refractivity contribution >= 4 is 21.5 Å². The SMILES string of the molecule is CC(=CCCN)c1ccc(Br)cc1. The van der Waals surface area contributed by atoms with Crippen molar-refractivity contribution in [3.05, 3.63) is 40.4 Å². The minimum absolute atomic E-state index is 0.716. The Morgan fingerprint density at radius 2 is 2.00 bits per heavy atom. The third-order valence-electron chi connectivity index (χ3n) is 1.92. The zero-order valence-electron chi connectivity index (χ0n) is 7.76. The fraction of sp³-hybridized carbons (Fsp3) is 0.273. The van der Waals surface area contributed by atoms with Crippen molar-refractivity contribution in [1.82, 2.24) is 0 Å². The molecular formula is C11H14BrN. The van der Waals surface area contributed by atoms with Crippen LogP contribution in [0.1, 0.15) is 18.9 Å². The molecule has 13 heavy (non-hydrogen) atoms. The molecule has 2 N–H and O–H groups in total. The first-order chi connectivity index (χ1) is 6.24. The maximum absolute atomic E-state index is 5.43. The number of halogens is 1. The highest BCUT2D eigenvalue weighted by Crippen LogP contribution is 2.17. The third kappa shape index (κ3) is 3.33. The van der Waals surface area contributed by atoms with Crippen LogP contribution in [0.2, 0.25) is 0 Å². The number of hydrogen-bond donors (Lipinski definition) is 1. The lowest BCUT2D eigenvalue weighted by atomic mass is 10.1. The minimum Gasteiger partial charge on any atom is -0.330 e. The summed E-state index contributed by atoms with van der Waals surface area (Å²) in [5.41, 5.74) is 7.98. The first kappa shape index (κ1) is 10.5. The van der Waals surface area contributed by atoms with Gasteiger partial charge in [-0.2, -0.15) is 0 Å². The highest BCUT2D eigenvalue weighted by Gasteiger charge is 1.93. The van der Waals surface area contributed by atoms with Gasteiger partial charge in [0.2, 0.25) is 0 Å². The van der Waals surface area contributed by atoms with Gasteiger partial charge in [-0.15, -0.1) is 0 Å². The van der Waals surface area contributed by atoms with E-state index in [2.05, 4.69) is 53.2 Å². The molecule has 70 valence electrons. The zero-order chi connectivity index (χ0) is 9.68. The van der Waals surface area contributed by atoms with Crippen LogP contribution in [-0.4, -0.2) is 6.54 Å². The van der Waals surface area contributed by atoms with Crippen molar-refractivity contribution < 1.29 is 0 Å². The Bertz CT molecular complexity index is 287. The summed E-state index contributed by atoms with van der Waals surface area (Å²) in [6, 6.07) is 8.31. The van der Waals surface area contributed by atoms with E-state index in [1.807, 2.05) is 0 Å². The molecule has 2 heteroatoms. The van der Waals surface area contributed by atoms with Gasteiger partial charge in [-0.1, -0.05) is 34.1 Å². The average molecular weight is 240 g/mol. The van der Waals surface area contributed by atoms with Crippen molar-refractivity contribution in [1.29, 1.82) is 0 Å². The first-order valence-electron chi connectivity index (χ1n) is 4.37. The molecule has 1 nitrogen and oxygen atoms in total. The molecule has 0 aromatic heterocycles. The van der Waals surface area contributed by atoms with Crippen molar-refractivity contribution in [2.24, 2.45) is 5.73 Å². The summed E-state index contributed by atoms with van der Waals surface area (Å²) in [5, 5.41) is 0. The van der Waals surface area contributed by atoms with Crippen LogP contribution in [0, 0.1) is 0 Å². The summed E-state index contributed by atoms with van der Waals surface area (Å²) in [5.74, 6) is 0. The molecular weight excluding hydrogens is 226 g/mol. The Hall–Kier alpha value is -0.600. The highest BCUT2D eigenvalue weighted by atomic mass is 79.9. The van der Waals surface area contributed by atoms with Crippen LogP contribution in [0.15, 0.2) is 34.8 Å². The Morgan fingerprint density at radius 3 is 2.54 bits per heavy atom. The molecule has 0 unspecified atom stereocenters. The number of nitrogens with two attached hydrogens (primary N) is 1. The summed E-state index contributed by atoms with van der Waals surface area (Å²) in [6.07, 6.45) is 3.12. The van der Waals surface area contributed by atoms with Gasteiger partial charge in [0, 0.05) is 4.47 Å². The predicted octanol–water partition coefficient (Wildman–Crippen LogP) is 3.20. The molecule has 0 fully saturated rings. The van der Waals surface area contributed by atoms with Crippen LogP contribution >= 0.6 is 15.9 Å². The molecule has 0 radical (unpaired) electrons. The molecule has 0 spiro atoms. The van der Waals surface area contributed by atoms with Crippen molar-refractivity contribution in [2.45, 2.75) is 13.3 Å². The summed E-state index contributed by atoms with van der Waals surface area (Å²) < 4.78 is 1.11. The number of benzene rings is 1. The summed E-state index contributed by atoms with van der Waals surface area (Å²) in [7, 11) is 0. The maximum atomic E-state index is 5.43. The number of rotatable bonds is 3.